The number of hydrogen-bond acceptors (Lipinski definition) is 5. The van der Waals surface area contributed by atoms with Gasteiger partial charge in [-0.3, -0.25) is 9.59 Å². The Labute approximate surface area is 146 Å². The lowest BCUT2D eigenvalue weighted by Gasteiger charge is -2.09. The normalized spacial score (nSPS) is 10.5. The van der Waals surface area contributed by atoms with Gasteiger partial charge in [-0.15, -0.1) is 11.3 Å². The van der Waals surface area contributed by atoms with Gasteiger partial charge >= 0.3 is 5.97 Å². The number of amides is 2. The van der Waals surface area contributed by atoms with Crippen molar-refractivity contribution in [2.75, 3.05) is 32.1 Å². The van der Waals surface area contributed by atoms with Crippen LogP contribution in [0, 0.1) is 5.92 Å². The van der Waals surface area contributed by atoms with Crippen molar-refractivity contribution >= 4 is 34.1 Å². The molecule has 134 valence electrons. The van der Waals surface area contributed by atoms with Gasteiger partial charge in [0.2, 0.25) is 0 Å². The molecule has 1 aromatic rings. The van der Waals surface area contributed by atoms with Crippen LogP contribution in [0.1, 0.15) is 36.7 Å². The van der Waals surface area contributed by atoms with Gasteiger partial charge < -0.3 is 20.7 Å². The van der Waals surface area contributed by atoms with Gasteiger partial charge in [-0.1, -0.05) is 13.8 Å². The molecule has 0 atom stereocenters. The van der Waals surface area contributed by atoms with Crippen molar-refractivity contribution < 1.29 is 24.4 Å². The first-order valence-electron chi connectivity index (χ1n) is 7.98. The van der Waals surface area contributed by atoms with Gasteiger partial charge in [0.15, 0.2) is 13.1 Å². The number of nitrogens with two attached hydrogens (primary N) is 1. The van der Waals surface area contributed by atoms with Gasteiger partial charge in [-0.2, -0.15) is 0 Å². The third-order valence-electron chi connectivity index (χ3n) is 3.17. The Bertz CT molecular complexity index is 584. The monoisotopic (exact) mass is 356 g/mol. The molecule has 7 nitrogen and oxygen atoms in total. The highest BCUT2D eigenvalue weighted by Crippen LogP contribution is 2.30. The number of likely N-dealkylation sites (N-methyl/N-ethyl adjacent to an activating group) is 1. The number of rotatable bonds is 9. The van der Waals surface area contributed by atoms with E-state index >= 15 is 0 Å². The molecule has 0 aliphatic rings. The lowest BCUT2D eigenvalue weighted by molar-refractivity contribution is -0.632. The van der Waals surface area contributed by atoms with Gasteiger partial charge in [-0.05, 0) is 30.2 Å². The Morgan fingerprint density at radius 1 is 1.25 bits per heavy atom. The minimum absolute atomic E-state index is 0.104. The van der Waals surface area contributed by atoms with Crippen molar-refractivity contribution in [3.63, 3.8) is 0 Å². The summed E-state index contributed by atoms with van der Waals surface area (Å²) in [6, 6.07) is 0. The number of hydrogen-bond donors (Lipinski definition) is 3. The smallest absolute Gasteiger partial charge is 0.341 e. The second-order valence-corrected chi connectivity index (χ2v) is 6.58. The molecule has 0 aliphatic heterocycles. The van der Waals surface area contributed by atoms with E-state index < -0.39 is 5.97 Å². The van der Waals surface area contributed by atoms with Crippen molar-refractivity contribution in [1.82, 2.24) is 5.32 Å². The summed E-state index contributed by atoms with van der Waals surface area (Å²) in [5.41, 5.74) is 1.33. The molecule has 1 rings (SSSR count). The Morgan fingerprint density at radius 2 is 1.92 bits per heavy atom. The fourth-order valence-corrected chi connectivity index (χ4v) is 3.10. The summed E-state index contributed by atoms with van der Waals surface area (Å²) in [6.07, 6.45) is 0.739. The van der Waals surface area contributed by atoms with E-state index in [0.717, 1.165) is 12.0 Å². The molecule has 1 aromatic heterocycles. The van der Waals surface area contributed by atoms with Crippen molar-refractivity contribution in [2.45, 2.75) is 27.2 Å². The fraction of sp³-hybridized carbons (Fsp3) is 0.562. The average molecular weight is 356 g/mol. The maximum absolute atomic E-state index is 12.2. The molecule has 0 radical (unpaired) electrons. The van der Waals surface area contributed by atoms with Crippen molar-refractivity contribution in [1.29, 1.82) is 0 Å². The van der Waals surface area contributed by atoms with Crippen LogP contribution in [0.3, 0.4) is 0 Å². The van der Waals surface area contributed by atoms with E-state index in [1.807, 2.05) is 5.38 Å². The number of carbonyl (C=O) groups is 3. The SMILES string of the molecule is CCOC(=O)c1c(CC(C)C)csc1NC(=O)C[NH2+]CC(=O)NC. The highest BCUT2D eigenvalue weighted by molar-refractivity contribution is 7.15. The summed E-state index contributed by atoms with van der Waals surface area (Å²) >= 11 is 1.32. The van der Waals surface area contributed by atoms with Crippen LogP contribution in [0.4, 0.5) is 5.00 Å². The minimum atomic E-state index is -0.418. The molecule has 0 unspecified atom stereocenters. The number of ether oxygens (including phenoxy) is 1. The third-order valence-corrected chi connectivity index (χ3v) is 4.11. The van der Waals surface area contributed by atoms with E-state index in [2.05, 4.69) is 24.5 Å². The van der Waals surface area contributed by atoms with Crippen LogP contribution in [-0.4, -0.2) is 44.5 Å². The number of quaternary nitrogens is 1. The van der Waals surface area contributed by atoms with Crippen LogP contribution in [0.2, 0.25) is 0 Å². The Hall–Kier alpha value is -1.93. The molecule has 0 spiro atoms. The maximum Gasteiger partial charge on any atom is 0.341 e. The first-order valence-corrected chi connectivity index (χ1v) is 8.86. The van der Waals surface area contributed by atoms with Crippen LogP contribution in [-0.2, 0) is 20.7 Å². The molecule has 0 saturated heterocycles. The molecule has 0 bridgehead atoms. The molecule has 8 heteroatoms. The molecule has 0 aromatic carbocycles. The first kappa shape index (κ1) is 20.1. The number of carbonyl (C=O) groups excluding carboxylic acids is 3. The predicted molar refractivity (Wildman–Crippen MR) is 93.2 cm³/mol. The number of thiophene rings is 1. The second kappa shape index (κ2) is 10.0. The van der Waals surface area contributed by atoms with Crippen LogP contribution in [0.25, 0.3) is 0 Å². The number of esters is 1. The molecular weight excluding hydrogens is 330 g/mol. The van der Waals surface area contributed by atoms with E-state index in [-0.39, 0.29) is 31.5 Å². The van der Waals surface area contributed by atoms with E-state index in [4.69, 9.17) is 4.74 Å². The second-order valence-electron chi connectivity index (χ2n) is 5.70. The Morgan fingerprint density at radius 3 is 2.50 bits per heavy atom. The fourth-order valence-electron chi connectivity index (χ4n) is 2.12. The molecule has 4 N–H and O–H groups in total. The molecule has 1 heterocycles. The summed E-state index contributed by atoms with van der Waals surface area (Å²) < 4.78 is 5.11. The molecule has 0 saturated carbocycles. The van der Waals surface area contributed by atoms with E-state index in [1.54, 1.807) is 19.3 Å². The summed E-state index contributed by atoms with van der Waals surface area (Å²) in [4.78, 5) is 35.4. The summed E-state index contributed by atoms with van der Waals surface area (Å²) in [7, 11) is 1.55. The molecule has 0 fully saturated rings. The van der Waals surface area contributed by atoms with Gasteiger partial charge in [0.25, 0.3) is 11.8 Å². The highest BCUT2D eigenvalue weighted by Gasteiger charge is 2.22. The lowest BCUT2D eigenvalue weighted by Crippen LogP contribution is -2.88. The zero-order valence-electron chi connectivity index (χ0n) is 14.6. The molecule has 0 aliphatic carbocycles. The third kappa shape index (κ3) is 6.29. The predicted octanol–water partition coefficient (Wildman–Crippen LogP) is 0.371. The van der Waals surface area contributed by atoms with Crippen LogP contribution in [0.15, 0.2) is 5.38 Å². The van der Waals surface area contributed by atoms with Gasteiger partial charge in [0, 0.05) is 7.05 Å². The van der Waals surface area contributed by atoms with E-state index in [9.17, 15) is 14.4 Å². The zero-order chi connectivity index (χ0) is 18.1. The largest absolute Gasteiger partial charge is 0.462 e. The van der Waals surface area contributed by atoms with Crippen molar-refractivity contribution in [3.05, 3.63) is 16.5 Å². The zero-order valence-corrected chi connectivity index (χ0v) is 15.4. The Kier molecular flexibility index (Phi) is 8.42. The Balaban J connectivity index is 2.79. The summed E-state index contributed by atoms with van der Waals surface area (Å²) in [5, 5.41) is 9.22. The average Bonchev–Trinajstić information content (AvgIpc) is 2.88. The van der Waals surface area contributed by atoms with Crippen LogP contribution in [0.5, 0.6) is 0 Å². The number of nitrogens with one attached hydrogen (secondary N) is 2. The number of anilines is 1. The van der Waals surface area contributed by atoms with Gasteiger partial charge in [0.1, 0.15) is 5.00 Å². The minimum Gasteiger partial charge on any atom is -0.462 e. The van der Waals surface area contributed by atoms with Gasteiger partial charge in [0.05, 0.1) is 12.2 Å². The van der Waals surface area contributed by atoms with Crippen LogP contribution >= 0.6 is 11.3 Å². The van der Waals surface area contributed by atoms with E-state index in [1.165, 1.54) is 11.3 Å². The standard InChI is InChI=1S/C16H25N3O4S/c1-5-23-16(22)14-11(6-10(2)3)9-24-15(14)19-13(21)8-18-7-12(20)17-4/h9-10,18H,5-8H2,1-4H3,(H,17,20)(H,19,21)/p+1. The molecule has 2 amide bonds. The molecular formula is C16H26N3O4S+. The van der Waals surface area contributed by atoms with Crippen molar-refractivity contribution in [3.8, 4) is 0 Å². The lowest BCUT2D eigenvalue weighted by atomic mass is 10.0. The topological polar surface area (TPSA) is 101 Å². The maximum atomic E-state index is 12.2. The van der Waals surface area contributed by atoms with Crippen molar-refractivity contribution in [2.24, 2.45) is 5.92 Å². The first-order chi connectivity index (χ1) is 11.4. The van der Waals surface area contributed by atoms with Gasteiger partial charge in [-0.25, -0.2) is 4.79 Å². The molecule has 24 heavy (non-hydrogen) atoms. The summed E-state index contributed by atoms with van der Waals surface area (Å²) in [6.45, 7) is 6.45. The van der Waals surface area contributed by atoms with Crippen LogP contribution < -0.4 is 16.0 Å². The highest BCUT2D eigenvalue weighted by atomic mass is 32.1. The summed E-state index contributed by atoms with van der Waals surface area (Å²) in [5.74, 6) is -0.441. The quantitative estimate of drug-likeness (QED) is 0.557. The van der Waals surface area contributed by atoms with E-state index in [0.29, 0.717) is 16.5 Å².